The van der Waals surface area contributed by atoms with E-state index in [0.29, 0.717) is 0 Å². The fourth-order valence-electron chi connectivity index (χ4n) is 2.33. The van der Waals surface area contributed by atoms with Gasteiger partial charge >= 0.3 is 0 Å². The number of benzene rings is 1. The van der Waals surface area contributed by atoms with Gasteiger partial charge in [0.2, 0.25) is 0 Å². The summed E-state index contributed by atoms with van der Waals surface area (Å²) < 4.78 is 5.50. The molecule has 0 aromatic heterocycles. The Labute approximate surface area is 122 Å². The Bertz CT molecular complexity index is 467. The molecule has 110 valence electrons. The van der Waals surface area contributed by atoms with Crippen LogP contribution in [-0.4, -0.2) is 27.2 Å². The van der Waals surface area contributed by atoms with Crippen LogP contribution in [0.5, 0.6) is 5.75 Å². The van der Waals surface area contributed by atoms with Crippen molar-refractivity contribution in [3.05, 3.63) is 23.8 Å². The lowest BCUT2D eigenvalue weighted by molar-refractivity contribution is 0.403. The van der Waals surface area contributed by atoms with Crippen LogP contribution in [0.1, 0.15) is 32.4 Å². The first-order valence-electron chi connectivity index (χ1n) is 7.07. The number of methoxy groups -OCH3 is 1. The lowest BCUT2D eigenvalue weighted by Gasteiger charge is -2.29. The third kappa shape index (κ3) is 3.64. The molecule has 0 aliphatic carbocycles. The molecule has 0 fully saturated rings. The number of ether oxygens (including phenoxy) is 1. The molecule has 0 heterocycles. The van der Waals surface area contributed by atoms with Gasteiger partial charge in [-0.15, -0.1) is 0 Å². The maximum atomic E-state index is 9.04. The van der Waals surface area contributed by atoms with E-state index in [1.807, 2.05) is 26.1 Å². The van der Waals surface area contributed by atoms with Crippen LogP contribution in [0.3, 0.4) is 0 Å². The van der Waals surface area contributed by atoms with Gasteiger partial charge in [-0.2, -0.15) is 5.26 Å². The van der Waals surface area contributed by atoms with E-state index in [4.69, 9.17) is 10.00 Å². The predicted molar refractivity (Wildman–Crippen MR) is 83.1 cm³/mol. The van der Waals surface area contributed by atoms with Crippen molar-refractivity contribution in [3.8, 4) is 11.8 Å². The van der Waals surface area contributed by atoms with Gasteiger partial charge in [0.1, 0.15) is 5.75 Å². The monoisotopic (exact) mass is 275 g/mol. The standard InChI is InChI=1S/C16H25N3O/c1-6-19(11-12(2)10-17)14-8-7-9-15(20-5)16(14)13(3)18-4/h7-9,12-13,18H,6,11H2,1-5H3. The quantitative estimate of drug-likeness (QED) is 0.831. The molecule has 0 radical (unpaired) electrons. The van der Waals surface area contributed by atoms with E-state index in [9.17, 15) is 0 Å². The maximum Gasteiger partial charge on any atom is 0.125 e. The second kappa shape index (κ2) is 7.76. The minimum atomic E-state index is -0.00103. The molecule has 1 N–H and O–H groups in total. The van der Waals surface area contributed by atoms with E-state index in [2.05, 4.69) is 36.2 Å². The Hall–Kier alpha value is -1.73. The number of anilines is 1. The van der Waals surface area contributed by atoms with Gasteiger partial charge in [0.25, 0.3) is 0 Å². The maximum absolute atomic E-state index is 9.04. The first kappa shape index (κ1) is 16.3. The van der Waals surface area contributed by atoms with Crippen molar-refractivity contribution in [3.63, 3.8) is 0 Å². The van der Waals surface area contributed by atoms with Crippen molar-refractivity contribution in [2.24, 2.45) is 5.92 Å². The van der Waals surface area contributed by atoms with Crippen LogP contribution in [0, 0.1) is 17.2 Å². The van der Waals surface area contributed by atoms with Crippen molar-refractivity contribution in [2.45, 2.75) is 26.8 Å². The molecule has 4 heteroatoms. The zero-order valence-corrected chi connectivity index (χ0v) is 13.1. The second-order valence-electron chi connectivity index (χ2n) is 4.97. The molecule has 1 rings (SSSR count). The Kier molecular flexibility index (Phi) is 6.33. The third-order valence-electron chi connectivity index (χ3n) is 3.57. The minimum absolute atomic E-state index is 0.00103. The number of hydrogen-bond acceptors (Lipinski definition) is 4. The van der Waals surface area contributed by atoms with E-state index >= 15 is 0 Å². The molecule has 2 atom stereocenters. The lowest BCUT2D eigenvalue weighted by atomic mass is 10.0. The molecule has 0 bridgehead atoms. The average Bonchev–Trinajstić information content (AvgIpc) is 2.50. The Morgan fingerprint density at radius 2 is 2.10 bits per heavy atom. The molecule has 1 aromatic rings. The van der Waals surface area contributed by atoms with Crippen molar-refractivity contribution in [2.75, 3.05) is 32.1 Å². The summed E-state index contributed by atoms with van der Waals surface area (Å²) >= 11 is 0. The summed E-state index contributed by atoms with van der Waals surface area (Å²) in [6.45, 7) is 7.76. The number of rotatable bonds is 7. The zero-order valence-electron chi connectivity index (χ0n) is 13.1. The molecule has 0 saturated heterocycles. The summed E-state index contributed by atoms with van der Waals surface area (Å²) in [6.07, 6.45) is 0. The number of nitriles is 1. The van der Waals surface area contributed by atoms with Crippen molar-refractivity contribution < 1.29 is 4.74 Å². The SMILES string of the molecule is CCN(CC(C)C#N)c1cccc(OC)c1C(C)NC. The molecule has 0 amide bonds. The number of nitrogens with zero attached hydrogens (tertiary/aromatic N) is 2. The molecule has 1 aromatic carbocycles. The van der Waals surface area contributed by atoms with Crippen LogP contribution in [0.15, 0.2) is 18.2 Å². The highest BCUT2D eigenvalue weighted by atomic mass is 16.5. The van der Waals surface area contributed by atoms with Gasteiger partial charge in [0, 0.05) is 30.4 Å². The summed E-state index contributed by atoms with van der Waals surface area (Å²) in [5, 5.41) is 12.3. The summed E-state index contributed by atoms with van der Waals surface area (Å²) in [6, 6.07) is 8.57. The molecule has 20 heavy (non-hydrogen) atoms. The van der Waals surface area contributed by atoms with Gasteiger partial charge in [0.05, 0.1) is 19.1 Å². The van der Waals surface area contributed by atoms with E-state index in [1.165, 1.54) is 0 Å². The normalized spacial score (nSPS) is 13.4. The van der Waals surface area contributed by atoms with Crippen LogP contribution >= 0.6 is 0 Å². The summed E-state index contributed by atoms with van der Waals surface area (Å²) in [5.41, 5.74) is 2.28. The fraction of sp³-hybridized carbons (Fsp3) is 0.562. The van der Waals surface area contributed by atoms with Gasteiger partial charge in [-0.1, -0.05) is 6.07 Å². The Morgan fingerprint density at radius 1 is 1.40 bits per heavy atom. The van der Waals surface area contributed by atoms with Gasteiger partial charge < -0.3 is 15.0 Å². The van der Waals surface area contributed by atoms with Gasteiger partial charge in [-0.05, 0) is 40.0 Å². The van der Waals surface area contributed by atoms with Crippen LogP contribution in [0.4, 0.5) is 5.69 Å². The second-order valence-corrected chi connectivity index (χ2v) is 4.97. The highest BCUT2D eigenvalue weighted by Crippen LogP contribution is 2.34. The molecule has 0 spiro atoms. The highest BCUT2D eigenvalue weighted by Gasteiger charge is 2.19. The van der Waals surface area contributed by atoms with Crippen LogP contribution in [-0.2, 0) is 0 Å². The topological polar surface area (TPSA) is 48.3 Å². The van der Waals surface area contributed by atoms with E-state index in [0.717, 1.165) is 30.1 Å². The highest BCUT2D eigenvalue weighted by molar-refractivity contribution is 5.61. The summed E-state index contributed by atoms with van der Waals surface area (Å²) in [5.74, 6) is 0.881. The smallest absolute Gasteiger partial charge is 0.125 e. The molecule has 0 aliphatic rings. The zero-order chi connectivity index (χ0) is 15.1. The first-order valence-corrected chi connectivity index (χ1v) is 7.07. The van der Waals surface area contributed by atoms with Gasteiger partial charge in [-0.3, -0.25) is 0 Å². The number of hydrogen-bond donors (Lipinski definition) is 1. The summed E-state index contributed by atoms with van der Waals surface area (Å²) in [4.78, 5) is 2.24. The van der Waals surface area contributed by atoms with Crippen molar-refractivity contribution in [1.29, 1.82) is 5.26 Å². The Balaban J connectivity index is 3.24. The van der Waals surface area contributed by atoms with Gasteiger partial charge in [-0.25, -0.2) is 0 Å². The van der Waals surface area contributed by atoms with E-state index in [-0.39, 0.29) is 12.0 Å². The largest absolute Gasteiger partial charge is 0.496 e. The minimum Gasteiger partial charge on any atom is -0.496 e. The first-order chi connectivity index (χ1) is 9.58. The number of nitrogens with one attached hydrogen (secondary N) is 1. The third-order valence-corrected chi connectivity index (χ3v) is 3.57. The predicted octanol–water partition coefficient (Wildman–Crippen LogP) is 2.96. The van der Waals surface area contributed by atoms with Crippen LogP contribution in [0.2, 0.25) is 0 Å². The lowest BCUT2D eigenvalue weighted by Crippen LogP contribution is -2.30. The van der Waals surface area contributed by atoms with Crippen LogP contribution in [0.25, 0.3) is 0 Å². The average molecular weight is 275 g/mol. The van der Waals surface area contributed by atoms with Crippen molar-refractivity contribution >= 4 is 5.69 Å². The molecule has 0 saturated carbocycles. The van der Waals surface area contributed by atoms with E-state index < -0.39 is 0 Å². The van der Waals surface area contributed by atoms with Crippen molar-refractivity contribution in [1.82, 2.24) is 5.32 Å². The molecule has 0 aliphatic heterocycles. The molecule has 2 unspecified atom stereocenters. The fourth-order valence-corrected chi connectivity index (χ4v) is 2.33. The Morgan fingerprint density at radius 3 is 2.60 bits per heavy atom. The van der Waals surface area contributed by atoms with Gasteiger partial charge in [0.15, 0.2) is 0 Å². The molecule has 4 nitrogen and oxygen atoms in total. The van der Waals surface area contributed by atoms with Crippen LogP contribution < -0.4 is 15.0 Å². The summed E-state index contributed by atoms with van der Waals surface area (Å²) in [7, 11) is 3.63. The van der Waals surface area contributed by atoms with E-state index in [1.54, 1.807) is 7.11 Å². The molecular formula is C16H25N3O. The molecular weight excluding hydrogens is 250 g/mol.